The van der Waals surface area contributed by atoms with E-state index < -0.39 is 0 Å². The molecular weight excluding hydrogens is 392 g/mol. The molecule has 0 aliphatic carbocycles. The van der Waals surface area contributed by atoms with E-state index in [4.69, 9.17) is 9.47 Å². The molecule has 6 heteroatoms. The Labute approximate surface area is 183 Å². The monoisotopic (exact) mass is 422 g/mol. The van der Waals surface area contributed by atoms with Crippen LogP contribution in [0.15, 0.2) is 42.5 Å². The lowest BCUT2D eigenvalue weighted by atomic mass is 9.95. The van der Waals surface area contributed by atoms with Crippen molar-refractivity contribution >= 4 is 17.5 Å². The predicted octanol–water partition coefficient (Wildman–Crippen LogP) is 4.15. The second-order valence-corrected chi connectivity index (χ2v) is 8.42. The summed E-state index contributed by atoms with van der Waals surface area (Å²) < 4.78 is 11.4. The summed E-state index contributed by atoms with van der Waals surface area (Å²) in [7, 11) is 0. The largest absolute Gasteiger partial charge is 0.494 e. The molecule has 0 bridgehead atoms. The van der Waals surface area contributed by atoms with E-state index in [0.717, 1.165) is 43.0 Å². The van der Waals surface area contributed by atoms with Gasteiger partial charge in [-0.1, -0.05) is 19.1 Å². The van der Waals surface area contributed by atoms with E-state index in [1.165, 1.54) is 0 Å². The average molecular weight is 423 g/mol. The van der Waals surface area contributed by atoms with Crippen LogP contribution in [0.2, 0.25) is 0 Å². The maximum Gasteiger partial charge on any atom is 0.255 e. The van der Waals surface area contributed by atoms with E-state index in [1.54, 1.807) is 12.1 Å². The van der Waals surface area contributed by atoms with Crippen molar-refractivity contribution in [2.75, 3.05) is 31.6 Å². The molecule has 0 radical (unpaired) electrons. The molecule has 0 spiro atoms. The molecular formula is C25H30N2O4. The van der Waals surface area contributed by atoms with Gasteiger partial charge < -0.3 is 19.7 Å². The van der Waals surface area contributed by atoms with Gasteiger partial charge in [0.2, 0.25) is 5.91 Å². The van der Waals surface area contributed by atoms with Gasteiger partial charge in [0, 0.05) is 13.1 Å². The summed E-state index contributed by atoms with van der Waals surface area (Å²) >= 11 is 0. The number of likely N-dealkylation sites (tertiary alicyclic amines) is 1. The van der Waals surface area contributed by atoms with Crippen molar-refractivity contribution in [2.24, 2.45) is 11.8 Å². The number of anilines is 1. The van der Waals surface area contributed by atoms with E-state index in [1.807, 2.05) is 42.2 Å². The zero-order chi connectivity index (χ0) is 21.8. The number of nitrogens with one attached hydrogen (secondary N) is 1. The molecule has 31 heavy (non-hydrogen) atoms. The molecule has 1 saturated heterocycles. The van der Waals surface area contributed by atoms with Crippen LogP contribution in [0, 0.1) is 11.8 Å². The van der Waals surface area contributed by atoms with Crippen LogP contribution < -0.4 is 14.8 Å². The fourth-order valence-electron chi connectivity index (χ4n) is 4.19. The highest BCUT2D eigenvalue weighted by atomic mass is 16.5. The highest BCUT2D eigenvalue weighted by molar-refractivity contribution is 6.04. The number of rotatable bonds is 5. The van der Waals surface area contributed by atoms with E-state index in [9.17, 15) is 9.59 Å². The molecule has 0 aromatic heterocycles. The molecule has 2 heterocycles. The number of carbonyl (C=O) groups is 2. The second kappa shape index (κ2) is 9.41. The standard InChI is InChI=1S/C25H30N2O4/c1-3-30-20-8-9-23-18(15-20)14-19(16-31-23)24(28)26-22-7-5-4-6-21(22)25(29)27-12-10-17(2)11-13-27/h4-9,15,17,19H,3,10-14,16H2,1-2H3,(H,26,28). The second-order valence-electron chi connectivity index (χ2n) is 8.42. The van der Waals surface area contributed by atoms with Crippen LogP contribution in [0.3, 0.4) is 0 Å². The fourth-order valence-corrected chi connectivity index (χ4v) is 4.19. The van der Waals surface area contributed by atoms with Gasteiger partial charge in [-0.15, -0.1) is 0 Å². The van der Waals surface area contributed by atoms with Crippen LogP contribution in [0.25, 0.3) is 0 Å². The number of carbonyl (C=O) groups excluding carboxylic acids is 2. The number of amides is 2. The number of hydrogen-bond donors (Lipinski definition) is 1. The first kappa shape index (κ1) is 21.2. The lowest BCUT2D eigenvalue weighted by Gasteiger charge is -2.31. The molecule has 1 atom stereocenters. The molecule has 2 amide bonds. The van der Waals surface area contributed by atoms with Gasteiger partial charge in [-0.3, -0.25) is 9.59 Å². The molecule has 4 rings (SSSR count). The number of benzene rings is 2. The third-order valence-corrected chi connectivity index (χ3v) is 6.11. The summed E-state index contributed by atoms with van der Waals surface area (Å²) in [4.78, 5) is 28.0. The number of para-hydroxylation sites is 1. The summed E-state index contributed by atoms with van der Waals surface area (Å²) in [6, 6.07) is 13.0. The molecule has 1 unspecified atom stereocenters. The Morgan fingerprint density at radius 2 is 1.94 bits per heavy atom. The predicted molar refractivity (Wildman–Crippen MR) is 120 cm³/mol. The van der Waals surface area contributed by atoms with Gasteiger partial charge in [0.05, 0.1) is 23.8 Å². The van der Waals surface area contributed by atoms with Gasteiger partial charge >= 0.3 is 0 Å². The average Bonchev–Trinajstić information content (AvgIpc) is 2.79. The fraction of sp³-hybridized carbons (Fsp3) is 0.440. The minimum atomic E-state index is -0.330. The number of ether oxygens (including phenoxy) is 2. The number of hydrogen-bond acceptors (Lipinski definition) is 4. The van der Waals surface area contributed by atoms with Crippen molar-refractivity contribution in [3.8, 4) is 11.5 Å². The molecule has 0 saturated carbocycles. The van der Waals surface area contributed by atoms with E-state index in [0.29, 0.717) is 36.8 Å². The van der Waals surface area contributed by atoms with E-state index >= 15 is 0 Å². The first-order valence-electron chi connectivity index (χ1n) is 11.1. The first-order chi connectivity index (χ1) is 15.0. The molecule has 2 aromatic carbocycles. The van der Waals surface area contributed by atoms with E-state index in [-0.39, 0.29) is 17.7 Å². The Bertz CT molecular complexity index is 950. The lowest BCUT2D eigenvalue weighted by molar-refractivity contribution is -0.121. The van der Waals surface area contributed by atoms with Gasteiger partial charge in [-0.05, 0) is 68.0 Å². The van der Waals surface area contributed by atoms with Gasteiger partial charge in [0.25, 0.3) is 5.91 Å². The van der Waals surface area contributed by atoms with Crippen LogP contribution in [0.5, 0.6) is 11.5 Å². The van der Waals surface area contributed by atoms with Crippen LogP contribution in [-0.2, 0) is 11.2 Å². The molecule has 6 nitrogen and oxygen atoms in total. The maximum atomic E-state index is 13.1. The van der Waals surface area contributed by atoms with Crippen molar-refractivity contribution in [1.82, 2.24) is 4.90 Å². The quantitative estimate of drug-likeness (QED) is 0.786. The lowest BCUT2D eigenvalue weighted by Crippen LogP contribution is -2.38. The van der Waals surface area contributed by atoms with Gasteiger partial charge in [-0.2, -0.15) is 0 Å². The normalized spacial score (nSPS) is 18.6. The maximum absolute atomic E-state index is 13.1. The smallest absolute Gasteiger partial charge is 0.255 e. The van der Waals surface area contributed by atoms with Crippen LogP contribution in [0.1, 0.15) is 42.6 Å². The SMILES string of the molecule is CCOc1ccc2c(c1)CC(C(=O)Nc1ccccc1C(=O)N1CCC(C)CC1)CO2. The number of piperidine rings is 1. The topological polar surface area (TPSA) is 67.9 Å². The van der Waals surface area contributed by atoms with Crippen molar-refractivity contribution in [2.45, 2.75) is 33.1 Å². The summed E-state index contributed by atoms with van der Waals surface area (Å²) in [5.74, 6) is 1.73. The number of nitrogens with zero attached hydrogens (tertiary/aromatic N) is 1. The molecule has 2 aliphatic heterocycles. The Morgan fingerprint density at radius 1 is 1.16 bits per heavy atom. The Balaban J connectivity index is 1.46. The molecule has 2 aromatic rings. The van der Waals surface area contributed by atoms with E-state index in [2.05, 4.69) is 12.2 Å². The molecule has 164 valence electrons. The van der Waals surface area contributed by atoms with Crippen LogP contribution >= 0.6 is 0 Å². The number of fused-ring (bicyclic) bond motifs is 1. The van der Waals surface area contributed by atoms with Crippen LogP contribution in [-0.4, -0.2) is 43.0 Å². The van der Waals surface area contributed by atoms with Crippen LogP contribution in [0.4, 0.5) is 5.69 Å². The summed E-state index contributed by atoms with van der Waals surface area (Å²) in [6.45, 7) is 6.58. The molecule has 1 N–H and O–H groups in total. The third-order valence-electron chi connectivity index (χ3n) is 6.11. The Hall–Kier alpha value is -3.02. The third kappa shape index (κ3) is 4.84. The van der Waals surface area contributed by atoms with Crippen molar-refractivity contribution in [3.05, 3.63) is 53.6 Å². The summed E-state index contributed by atoms with van der Waals surface area (Å²) in [6.07, 6.45) is 2.61. The van der Waals surface area contributed by atoms with Crippen molar-refractivity contribution in [3.63, 3.8) is 0 Å². The minimum Gasteiger partial charge on any atom is -0.494 e. The van der Waals surface area contributed by atoms with Crippen molar-refractivity contribution < 1.29 is 19.1 Å². The zero-order valence-corrected chi connectivity index (χ0v) is 18.2. The highest BCUT2D eigenvalue weighted by Gasteiger charge is 2.28. The van der Waals surface area contributed by atoms with Gasteiger partial charge in [-0.25, -0.2) is 0 Å². The first-order valence-corrected chi connectivity index (χ1v) is 11.1. The highest BCUT2D eigenvalue weighted by Crippen LogP contribution is 2.31. The minimum absolute atomic E-state index is 0.0191. The Kier molecular flexibility index (Phi) is 6.44. The van der Waals surface area contributed by atoms with Gasteiger partial charge in [0.15, 0.2) is 0 Å². The Morgan fingerprint density at radius 3 is 2.71 bits per heavy atom. The van der Waals surface area contributed by atoms with Gasteiger partial charge in [0.1, 0.15) is 18.1 Å². The zero-order valence-electron chi connectivity index (χ0n) is 18.2. The summed E-state index contributed by atoms with van der Waals surface area (Å²) in [5, 5.41) is 2.98. The molecule has 1 fully saturated rings. The molecule has 2 aliphatic rings. The summed E-state index contributed by atoms with van der Waals surface area (Å²) in [5.41, 5.74) is 2.07. The van der Waals surface area contributed by atoms with Crippen molar-refractivity contribution in [1.29, 1.82) is 0 Å².